The van der Waals surface area contributed by atoms with Gasteiger partial charge in [0.15, 0.2) is 5.96 Å². The van der Waals surface area contributed by atoms with Crippen molar-refractivity contribution in [2.45, 2.75) is 63.7 Å². The Morgan fingerprint density at radius 2 is 2.07 bits per heavy atom. The van der Waals surface area contributed by atoms with Gasteiger partial charge in [-0.15, -0.1) is 24.0 Å². The summed E-state index contributed by atoms with van der Waals surface area (Å²) in [6.45, 7) is 7.62. The van der Waals surface area contributed by atoms with Crippen molar-refractivity contribution in [1.29, 1.82) is 0 Å². The molecule has 0 bridgehead atoms. The van der Waals surface area contributed by atoms with Crippen molar-refractivity contribution in [3.05, 3.63) is 29.8 Å². The number of rotatable bonds is 8. The average molecular weight is 522 g/mol. The number of aliphatic imine (C=N–C) groups is 1. The lowest BCUT2D eigenvalue weighted by Crippen LogP contribution is -2.47. The van der Waals surface area contributed by atoms with Crippen molar-refractivity contribution in [2.24, 2.45) is 4.99 Å². The van der Waals surface area contributed by atoms with E-state index in [1.165, 1.54) is 5.56 Å². The molecule has 2 rings (SSSR count). The number of hydrogen-bond donors (Lipinski definition) is 2. The summed E-state index contributed by atoms with van der Waals surface area (Å²) in [7, 11) is 1.08. The number of ether oxygens (including phenoxy) is 1. The summed E-state index contributed by atoms with van der Waals surface area (Å²) in [6, 6.07) is 8.55. The fourth-order valence-corrected chi connectivity index (χ4v) is 4.91. The number of guanidine groups is 1. The third-order valence-electron chi connectivity index (χ3n) is 5.04. The Balaban J connectivity index is 0.00000392. The third-order valence-corrected chi connectivity index (χ3v) is 6.78. The first kappa shape index (κ1) is 25.2. The topological polar surface area (TPSA) is 62.7 Å². The van der Waals surface area contributed by atoms with Crippen molar-refractivity contribution in [1.82, 2.24) is 10.6 Å². The Hall–Kier alpha value is -0.830. The van der Waals surface area contributed by atoms with Gasteiger partial charge < -0.3 is 15.4 Å². The lowest BCUT2D eigenvalue weighted by molar-refractivity contribution is 0.316. The van der Waals surface area contributed by atoms with Crippen LogP contribution in [-0.2, 0) is 10.8 Å². The lowest BCUT2D eigenvalue weighted by atomic mass is 9.95. The van der Waals surface area contributed by atoms with Gasteiger partial charge in [0.2, 0.25) is 0 Å². The Morgan fingerprint density at radius 1 is 1.32 bits per heavy atom. The average Bonchev–Trinajstić information content (AvgIpc) is 2.70. The summed E-state index contributed by atoms with van der Waals surface area (Å²) in [5, 5.41) is 7.14. The number of para-hydroxylation sites is 1. The number of hydrogen-bond acceptors (Lipinski definition) is 3. The first-order valence-corrected chi connectivity index (χ1v) is 11.5. The van der Waals surface area contributed by atoms with Gasteiger partial charge in [-0.1, -0.05) is 45.4 Å². The van der Waals surface area contributed by atoms with Gasteiger partial charge in [0.05, 0.1) is 6.54 Å². The first-order valence-electron chi connectivity index (χ1n) is 10.1. The van der Waals surface area contributed by atoms with Crippen LogP contribution in [0.3, 0.4) is 0 Å². The molecule has 1 fully saturated rings. The molecular formula is C21H36IN3O2S. The number of halogens is 1. The SMILES string of the molecule is CCS(=O)C1CCCC(NC(=NC)NCCOc2ccccc2C(C)C)C1.I. The zero-order chi connectivity index (χ0) is 19.6. The molecule has 1 aromatic carbocycles. The van der Waals surface area contributed by atoms with Gasteiger partial charge in [-0.3, -0.25) is 9.20 Å². The van der Waals surface area contributed by atoms with E-state index in [-0.39, 0.29) is 24.0 Å². The molecule has 0 spiro atoms. The van der Waals surface area contributed by atoms with E-state index in [1.54, 1.807) is 7.05 Å². The Bertz CT molecular complexity index is 640. The molecule has 3 atom stereocenters. The van der Waals surface area contributed by atoms with Crippen molar-refractivity contribution in [3.63, 3.8) is 0 Å². The molecule has 160 valence electrons. The molecule has 3 unspecified atom stereocenters. The summed E-state index contributed by atoms with van der Waals surface area (Å²) in [6.07, 6.45) is 4.27. The molecular weight excluding hydrogens is 485 g/mol. The summed E-state index contributed by atoms with van der Waals surface area (Å²) >= 11 is 0. The van der Waals surface area contributed by atoms with Gasteiger partial charge in [0.1, 0.15) is 12.4 Å². The number of nitrogens with zero attached hydrogens (tertiary/aromatic N) is 1. The molecule has 5 nitrogen and oxygen atoms in total. The van der Waals surface area contributed by atoms with Gasteiger partial charge in [-0.25, -0.2) is 0 Å². The molecule has 0 amide bonds. The molecule has 0 heterocycles. The molecule has 2 N–H and O–H groups in total. The van der Waals surface area contributed by atoms with E-state index in [0.717, 1.165) is 43.1 Å². The minimum atomic E-state index is -0.705. The molecule has 7 heteroatoms. The molecule has 0 radical (unpaired) electrons. The molecule has 0 aromatic heterocycles. The van der Waals surface area contributed by atoms with Crippen LogP contribution in [0.15, 0.2) is 29.3 Å². The van der Waals surface area contributed by atoms with E-state index in [9.17, 15) is 4.21 Å². The summed E-state index contributed by atoms with van der Waals surface area (Å²) in [5.41, 5.74) is 1.23. The monoisotopic (exact) mass is 521 g/mol. The number of benzene rings is 1. The van der Waals surface area contributed by atoms with Crippen molar-refractivity contribution in [3.8, 4) is 5.75 Å². The van der Waals surface area contributed by atoms with Crippen LogP contribution in [-0.4, -0.2) is 47.4 Å². The summed E-state index contributed by atoms with van der Waals surface area (Å²) in [5.74, 6) is 2.94. The molecule has 0 aliphatic heterocycles. The summed E-state index contributed by atoms with van der Waals surface area (Å²) < 4.78 is 18.1. The van der Waals surface area contributed by atoms with Crippen molar-refractivity contribution in [2.75, 3.05) is 26.0 Å². The minimum Gasteiger partial charge on any atom is -0.491 e. The van der Waals surface area contributed by atoms with Crippen molar-refractivity contribution < 1.29 is 8.95 Å². The maximum Gasteiger partial charge on any atom is 0.191 e. The standard InChI is InChI=1S/C21H35N3O2S.HI/c1-5-27(25)18-10-8-9-17(15-18)24-21(22-4)23-13-14-26-20-12-7-6-11-19(20)16(2)3;/h6-7,11-12,16-18H,5,8-10,13-15H2,1-4H3,(H2,22,23,24);1H. The van der Waals surface area contributed by atoms with Gasteiger partial charge in [-0.2, -0.15) is 0 Å². The maximum atomic E-state index is 12.1. The molecule has 0 saturated heterocycles. The zero-order valence-electron chi connectivity index (χ0n) is 17.6. The van der Waals surface area contributed by atoms with Crippen LogP contribution in [0.25, 0.3) is 0 Å². The van der Waals surface area contributed by atoms with Crippen molar-refractivity contribution >= 4 is 40.7 Å². The van der Waals surface area contributed by atoms with Gasteiger partial charge in [0.25, 0.3) is 0 Å². The first-order chi connectivity index (χ1) is 13.0. The summed E-state index contributed by atoms with van der Waals surface area (Å²) in [4.78, 5) is 4.33. The Morgan fingerprint density at radius 3 is 2.75 bits per heavy atom. The normalized spacial score (nSPS) is 21.0. The van der Waals surface area contributed by atoms with Crippen LogP contribution in [0.4, 0.5) is 0 Å². The van der Waals surface area contributed by atoms with Crippen LogP contribution in [0, 0.1) is 0 Å². The molecule has 1 aromatic rings. The van der Waals surface area contributed by atoms with Crippen LogP contribution in [0.1, 0.15) is 57.9 Å². The highest BCUT2D eigenvalue weighted by Gasteiger charge is 2.25. The van der Waals surface area contributed by atoms with Crippen LogP contribution < -0.4 is 15.4 Å². The predicted molar refractivity (Wildman–Crippen MR) is 131 cm³/mol. The highest BCUT2D eigenvalue weighted by Crippen LogP contribution is 2.25. The van der Waals surface area contributed by atoms with E-state index >= 15 is 0 Å². The second kappa shape index (κ2) is 13.4. The van der Waals surface area contributed by atoms with Gasteiger partial charge in [-0.05, 0) is 36.8 Å². The van der Waals surface area contributed by atoms with Crippen LogP contribution in [0.2, 0.25) is 0 Å². The van der Waals surface area contributed by atoms with Gasteiger partial charge >= 0.3 is 0 Å². The Labute approximate surface area is 190 Å². The second-order valence-electron chi connectivity index (χ2n) is 7.34. The second-order valence-corrected chi connectivity index (χ2v) is 9.34. The fraction of sp³-hybridized carbons (Fsp3) is 0.667. The maximum absolute atomic E-state index is 12.1. The molecule has 1 aliphatic rings. The smallest absolute Gasteiger partial charge is 0.191 e. The van der Waals surface area contributed by atoms with E-state index in [4.69, 9.17) is 4.74 Å². The van der Waals surface area contributed by atoms with E-state index in [0.29, 0.717) is 30.4 Å². The minimum absolute atomic E-state index is 0. The van der Waals surface area contributed by atoms with Crippen LogP contribution >= 0.6 is 24.0 Å². The predicted octanol–water partition coefficient (Wildman–Crippen LogP) is 4.05. The van der Waals surface area contributed by atoms with E-state index in [1.807, 2.05) is 19.1 Å². The van der Waals surface area contributed by atoms with E-state index < -0.39 is 10.8 Å². The zero-order valence-corrected chi connectivity index (χ0v) is 20.7. The molecule has 1 saturated carbocycles. The van der Waals surface area contributed by atoms with E-state index in [2.05, 4.69) is 41.6 Å². The number of nitrogens with one attached hydrogen (secondary N) is 2. The highest BCUT2D eigenvalue weighted by atomic mass is 127. The lowest BCUT2D eigenvalue weighted by Gasteiger charge is -2.30. The third kappa shape index (κ3) is 7.89. The fourth-order valence-electron chi connectivity index (χ4n) is 3.56. The Kier molecular flexibility index (Phi) is 12.1. The molecule has 28 heavy (non-hydrogen) atoms. The molecule has 1 aliphatic carbocycles. The van der Waals surface area contributed by atoms with Gasteiger partial charge in [0, 0.05) is 34.9 Å². The quantitative estimate of drug-likeness (QED) is 0.235. The highest BCUT2D eigenvalue weighted by molar-refractivity contribution is 14.0. The largest absolute Gasteiger partial charge is 0.491 e. The van der Waals surface area contributed by atoms with Crippen LogP contribution in [0.5, 0.6) is 5.75 Å².